The number of anilines is 1. The summed E-state index contributed by atoms with van der Waals surface area (Å²) in [6.45, 7) is 5.78. The summed E-state index contributed by atoms with van der Waals surface area (Å²) in [6, 6.07) is 0. The summed E-state index contributed by atoms with van der Waals surface area (Å²) < 4.78 is 5.35. The maximum absolute atomic E-state index is 12.1. The van der Waals surface area contributed by atoms with E-state index in [4.69, 9.17) is 4.74 Å². The highest BCUT2D eigenvalue weighted by molar-refractivity contribution is 7.13. The van der Waals surface area contributed by atoms with Crippen molar-refractivity contribution in [3.8, 4) is 0 Å². The average molecular weight is 352 g/mol. The lowest BCUT2D eigenvalue weighted by Gasteiger charge is -2.26. The van der Waals surface area contributed by atoms with Gasteiger partial charge < -0.3 is 15.0 Å². The molecular weight excluding hydrogens is 332 g/mol. The number of hydrogen-bond acceptors (Lipinski definition) is 7. The van der Waals surface area contributed by atoms with Crippen LogP contribution in [0.5, 0.6) is 0 Å². The van der Waals surface area contributed by atoms with Gasteiger partial charge in [0.05, 0.1) is 30.5 Å². The van der Waals surface area contributed by atoms with Gasteiger partial charge in [-0.1, -0.05) is 6.92 Å². The maximum Gasteiger partial charge on any atom is 0.271 e. The average Bonchev–Trinajstić information content (AvgIpc) is 3.23. The summed E-state index contributed by atoms with van der Waals surface area (Å²) >= 11 is 3.15. The molecule has 124 valence electrons. The normalized spacial score (nSPS) is 14.9. The number of aromatic nitrogens is 2. The lowest BCUT2D eigenvalue weighted by molar-refractivity contribution is 0.0946. The number of thiazole rings is 2. The number of amides is 1. The van der Waals surface area contributed by atoms with Crippen molar-refractivity contribution in [2.75, 3.05) is 31.2 Å². The molecule has 0 saturated carbocycles. The lowest BCUT2D eigenvalue weighted by Crippen LogP contribution is -2.36. The van der Waals surface area contributed by atoms with E-state index in [1.807, 2.05) is 10.8 Å². The van der Waals surface area contributed by atoms with E-state index in [1.54, 1.807) is 22.7 Å². The molecule has 1 saturated heterocycles. The summed E-state index contributed by atoms with van der Waals surface area (Å²) in [4.78, 5) is 23.3. The fraction of sp³-hybridized carbons (Fsp3) is 0.533. The third-order valence-corrected chi connectivity index (χ3v) is 5.36. The number of ether oxygens (including phenoxy) is 1. The van der Waals surface area contributed by atoms with Gasteiger partial charge in [-0.25, -0.2) is 9.97 Å². The molecule has 1 amide bonds. The van der Waals surface area contributed by atoms with Crippen molar-refractivity contribution < 1.29 is 9.53 Å². The van der Waals surface area contributed by atoms with Gasteiger partial charge in [0.15, 0.2) is 5.13 Å². The van der Waals surface area contributed by atoms with Crippen molar-refractivity contribution in [3.63, 3.8) is 0 Å². The summed E-state index contributed by atoms with van der Waals surface area (Å²) in [5, 5.41) is 8.72. The fourth-order valence-electron chi connectivity index (χ4n) is 2.28. The molecular formula is C15H20N4O2S2. The summed E-state index contributed by atoms with van der Waals surface area (Å²) in [6.07, 6.45) is 1.96. The Balaban J connectivity index is 1.53. The van der Waals surface area contributed by atoms with Gasteiger partial charge in [-0.2, -0.15) is 0 Å². The van der Waals surface area contributed by atoms with Crippen LogP contribution in [0.15, 0.2) is 10.8 Å². The minimum absolute atomic E-state index is 0.135. The SMILES string of the molecule is CCCc1nc(C(=O)NCc2csc(N3CCOCC3)n2)cs1. The van der Waals surface area contributed by atoms with E-state index < -0.39 is 0 Å². The van der Waals surface area contributed by atoms with Gasteiger partial charge >= 0.3 is 0 Å². The molecule has 1 aliphatic rings. The number of carbonyl (C=O) groups is 1. The lowest BCUT2D eigenvalue weighted by atomic mass is 10.3. The van der Waals surface area contributed by atoms with E-state index in [0.717, 1.165) is 55.0 Å². The first kappa shape index (κ1) is 16.4. The van der Waals surface area contributed by atoms with E-state index >= 15 is 0 Å². The smallest absolute Gasteiger partial charge is 0.271 e. The highest BCUT2D eigenvalue weighted by Gasteiger charge is 2.15. The Kier molecular flexibility index (Phi) is 5.58. The van der Waals surface area contributed by atoms with E-state index in [0.29, 0.717) is 12.2 Å². The Labute approximate surface area is 143 Å². The summed E-state index contributed by atoms with van der Waals surface area (Å²) in [5.74, 6) is -0.135. The van der Waals surface area contributed by atoms with Crippen LogP contribution in [0.1, 0.15) is 34.5 Å². The topological polar surface area (TPSA) is 67.4 Å². The first-order valence-corrected chi connectivity index (χ1v) is 9.52. The molecule has 0 atom stereocenters. The Morgan fingerprint density at radius 3 is 2.91 bits per heavy atom. The molecule has 1 fully saturated rings. The van der Waals surface area contributed by atoms with Crippen LogP contribution in [0.25, 0.3) is 0 Å². The highest BCUT2D eigenvalue weighted by Crippen LogP contribution is 2.21. The van der Waals surface area contributed by atoms with Gasteiger partial charge in [-0.3, -0.25) is 4.79 Å². The minimum atomic E-state index is -0.135. The first-order valence-electron chi connectivity index (χ1n) is 7.76. The van der Waals surface area contributed by atoms with Crippen LogP contribution < -0.4 is 10.2 Å². The number of nitrogens with one attached hydrogen (secondary N) is 1. The van der Waals surface area contributed by atoms with E-state index in [2.05, 4.69) is 27.1 Å². The summed E-state index contributed by atoms with van der Waals surface area (Å²) in [7, 11) is 0. The van der Waals surface area contributed by atoms with Crippen molar-refractivity contribution in [3.05, 3.63) is 27.2 Å². The molecule has 2 aromatic rings. The highest BCUT2D eigenvalue weighted by atomic mass is 32.1. The monoisotopic (exact) mass is 352 g/mol. The maximum atomic E-state index is 12.1. The van der Waals surface area contributed by atoms with Gasteiger partial charge in [0.2, 0.25) is 0 Å². The van der Waals surface area contributed by atoms with Crippen LogP contribution in [-0.4, -0.2) is 42.2 Å². The predicted molar refractivity (Wildman–Crippen MR) is 92.4 cm³/mol. The third-order valence-electron chi connectivity index (χ3n) is 3.50. The minimum Gasteiger partial charge on any atom is -0.378 e. The van der Waals surface area contributed by atoms with Crippen molar-refractivity contribution in [2.24, 2.45) is 0 Å². The van der Waals surface area contributed by atoms with Crippen molar-refractivity contribution in [1.29, 1.82) is 0 Å². The fourth-order valence-corrected chi connectivity index (χ4v) is 4.04. The standard InChI is InChI=1S/C15H20N4O2S2/c1-2-3-13-18-12(10-22-13)14(20)16-8-11-9-23-15(17-11)19-4-6-21-7-5-19/h9-10H,2-8H2,1H3,(H,16,20). The number of rotatable bonds is 6. The Morgan fingerprint density at radius 2 is 2.13 bits per heavy atom. The molecule has 23 heavy (non-hydrogen) atoms. The Morgan fingerprint density at radius 1 is 1.30 bits per heavy atom. The Hall–Kier alpha value is -1.51. The molecule has 2 aromatic heterocycles. The zero-order valence-corrected chi connectivity index (χ0v) is 14.7. The molecule has 0 unspecified atom stereocenters. The van der Waals surface area contributed by atoms with Crippen molar-refractivity contribution >= 4 is 33.7 Å². The zero-order chi connectivity index (χ0) is 16.1. The van der Waals surface area contributed by atoms with Gasteiger partial charge in [0.25, 0.3) is 5.91 Å². The second-order valence-electron chi connectivity index (χ2n) is 5.28. The second-order valence-corrected chi connectivity index (χ2v) is 7.06. The van der Waals surface area contributed by atoms with Gasteiger partial charge in [0.1, 0.15) is 5.69 Å². The van der Waals surface area contributed by atoms with Crippen molar-refractivity contribution in [1.82, 2.24) is 15.3 Å². The molecule has 1 N–H and O–H groups in total. The van der Waals surface area contributed by atoms with Crippen LogP contribution in [-0.2, 0) is 17.7 Å². The number of morpholine rings is 1. The van der Waals surface area contributed by atoms with Crippen LogP contribution in [0.2, 0.25) is 0 Å². The van der Waals surface area contributed by atoms with Gasteiger partial charge in [-0.05, 0) is 12.8 Å². The molecule has 0 bridgehead atoms. The molecule has 0 spiro atoms. The predicted octanol–water partition coefficient (Wildman–Crippen LogP) is 2.32. The molecule has 1 aliphatic heterocycles. The van der Waals surface area contributed by atoms with Crippen LogP contribution in [0.3, 0.4) is 0 Å². The van der Waals surface area contributed by atoms with E-state index in [-0.39, 0.29) is 5.91 Å². The first-order chi connectivity index (χ1) is 11.3. The largest absolute Gasteiger partial charge is 0.378 e. The van der Waals surface area contributed by atoms with E-state index in [1.165, 1.54) is 0 Å². The Bertz CT molecular complexity index is 649. The molecule has 0 radical (unpaired) electrons. The van der Waals surface area contributed by atoms with E-state index in [9.17, 15) is 4.79 Å². The molecule has 3 rings (SSSR count). The molecule has 6 nitrogen and oxygen atoms in total. The number of hydrogen-bond donors (Lipinski definition) is 1. The van der Waals surface area contributed by atoms with Gasteiger partial charge in [-0.15, -0.1) is 22.7 Å². The quantitative estimate of drug-likeness (QED) is 0.864. The molecule has 0 aromatic carbocycles. The zero-order valence-electron chi connectivity index (χ0n) is 13.1. The molecule has 3 heterocycles. The molecule has 0 aliphatic carbocycles. The molecule has 8 heteroatoms. The van der Waals surface area contributed by atoms with Crippen LogP contribution in [0.4, 0.5) is 5.13 Å². The number of aryl methyl sites for hydroxylation is 1. The summed E-state index contributed by atoms with van der Waals surface area (Å²) in [5.41, 5.74) is 1.39. The van der Waals surface area contributed by atoms with Crippen LogP contribution >= 0.6 is 22.7 Å². The van der Waals surface area contributed by atoms with Crippen molar-refractivity contribution in [2.45, 2.75) is 26.3 Å². The second kappa shape index (κ2) is 7.85. The number of nitrogens with zero attached hydrogens (tertiary/aromatic N) is 3. The number of carbonyl (C=O) groups excluding carboxylic acids is 1. The van der Waals surface area contributed by atoms with Gasteiger partial charge in [0, 0.05) is 23.8 Å². The van der Waals surface area contributed by atoms with Crippen LogP contribution in [0, 0.1) is 0 Å². The third kappa shape index (κ3) is 4.27.